The number of alkyl halides is 3. The molecule has 0 aromatic carbocycles. The molecule has 0 atom stereocenters. The molecular formula is C12H18F3N5. The van der Waals surface area contributed by atoms with Gasteiger partial charge >= 0.3 is 6.18 Å². The summed E-state index contributed by atoms with van der Waals surface area (Å²) in [6, 6.07) is 1.85. The van der Waals surface area contributed by atoms with Gasteiger partial charge in [-0.3, -0.25) is 0 Å². The zero-order chi connectivity index (χ0) is 14.9. The summed E-state index contributed by atoms with van der Waals surface area (Å²) >= 11 is 0. The van der Waals surface area contributed by atoms with Gasteiger partial charge in [-0.25, -0.2) is 9.97 Å². The van der Waals surface area contributed by atoms with Crippen molar-refractivity contribution >= 4 is 11.6 Å². The Kier molecular flexibility index (Phi) is 4.03. The van der Waals surface area contributed by atoms with E-state index >= 15 is 0 Å². The van der Waals surface area contributed by atoms with Crippen molar-refractivity contribution < 1.29 is 13.2 Å². The van der Waals surface area contributed by atoms with E-state index in [4.69, 9.17) is 5.73 Å². The zero-order valence-electron chi connectivity index (χ0n) is 11.5. The van der Waals surface area contributed by atoms with E-state index in [1.165, 1.54) is 6.07 Å². The maximum atomic E-state index is 12.7. The van der Waals surface area contributed by atoms with Crippen LogP contribution in [-0.2, 0) is 6.18 Å². The molecule has 1 aromatic rings. The highest BCUT2D eigenvalue weighted by atomic mass is 19.4. The zero-order valence-corrected chi connectivity index (χ0v) is 11.5. The Morgan fingerprint density at radius 3 is 2.35 bits per heavy atom. The number of rotatable bonds is 2. The van der Waals surface area contributed by atoms with E-state index in [1.54, 1.807) is 0 Å². The predicted molar refractivity (Wildman–Crippen MR) is 70.4 cm³/mol. The Morgan fingerprint density at radius 1 is 1.25 bits per heavy atom. The average molecular weight is 289 g/mol. The first kappa shape index (κ1) is 14.8. The predicted octanol–water partition coefficient (Wildman–Crippen LogP) is 1.61. The SMILES string of the molecule is CN(C)C1CCN(c2cc(N)nc(C(F)(F)F)n2)CC1. The van der Waals surface area contributed by atoms with Crippen molar-refractivity contribution in [1.29, 1.82) is 0 Å². The molecule has 0 amide bonds. The second-order valence-electron chi connectivity index (χ2n) is 5.15. The molecular weight excluding hydrogens is 271 g/mol. The fourth-order valence-corrected chi connectivity index (χ4v) is 2.35. The van der Waals surface area contributed by atoms with Crippen LogP contribution in [0.15, 0.2) is 6.07 Å². The third-order valence-corrected chi connectivity index (χ3v) is 3.50. The van der Waals surface area contributed by atoms with Gasteiger partial charge in [0.2, 0.25) is 5.82 Å². The van der Waals surface area contributed by atoms with E-state index in [1.807, 2.05) is 19.0 Å². The summed E-state index contributed by atoms with van der Waals surface area (Å²) < 4.78 is 38.0. The van der Waals surface area contributed by atoms with E-state index in [9.17, 15) is 13.2 Å². The quantitative estimate of drug-likeness (QED) is 0.896. The smallest absolute Gasteiger partial charge is 0.384 e. The molecule has 2 heterocycles. The first-order valence-corrected chi connectivity index (χ1v) is 6.40. The lowest BCUT2D eigenvalue weighted by molar-refractivity contribution is -0.144. The van der Waals surface area contributed by atoms with Gasteiger partial charge in [0.1, 0.15) is 11.6 Å². The molecule has 2 N–H and O–H groups in total. The van der Waals surface area contributed by atoms with Gasteiger partial charge in [-0.15, -0.1) is 0 Å². The molecule has 0 aliphatic carbocycles. The van der Waals surface area contributed by atoms with Crippen LogP contribution < -0.4 is 10.6 Å². The minimum absolute atomic E-state index is 0.156. The third kappa shape index (κ3) is 3.30. The standard InChI is InChI=1S/C12H18F3N5/c1-19(2)8-3-5-20(6-4-8)10-7-9(16)17-11(18-10)12(13,14)15/h7-8H,3-6H2,1-2H3,(H2,16,17,18). The van der Waals surface area contributed by atoms with Gasteiger partial charge < -0.3 is 15.5 Å². The normalized spacial score (nSPS) is 17.8. The fourth-order valence-electron chi connectivity index (χ4n) is 2.35. The van der Waals surface area contributed by atoms with Crippen molar-refractivity contribution in [3.05, 3.63) is 11.9 Å². The van der Waals surface area contributed by atoms with Crippen LogP contribution in [0.2, 0.25) is 0 Å². The summed E-state index contributed by atoms with van der Waals surface area (Å²) in [5, 5.41) is 0. The highest BCUT2D eigenvalue weighted by Gasteiger charge is 2.36. The second kappa shape index (κ2) is 5.43. The van der Waals surface area contributed by atoms with Crippen molar-refractivity contribution in [1.82, 2.24) is 14.9 Å². The van der Waals surface area contributed by atoms with Crippen LogP contribution in [0.4, 0.5) is 24.8 Å². The summed E-state index contributed by atoms with van der Waals surface area (Å²) in [5.41, 5.74) is 5.45. The number of halogens is 3. The molecule has 2 rings (SSSR count). The molecule has 1 aromatic heterocycles. The maximum Gasteiger partial charge on any atom is 0.451 e. The first-order valence-electron chi connectivity index (χ1n) is 6.40. The molecule has 1 aliphatic heterocycles. The Hall–Kier alpha value is -1.57. The highest BCUT2D eigenvalue weighted by molar-refractivity contribution is 5.47. The number of piperidine rings is 1. The Labute approximate surface area is 115 Å². The number of nitrogens with zero attached hydrogens (tertiary/aromatic N) is 4. The summed E-state index contributed by atoms with van der Waals surface area (Å²) in [7, 11) is 4.01. The van der Waals surface area contributed by atoms with Crippen molar-refractivity contribution in [2.75, 3.05) is 37.8 Å². The molecule has 1 fully saturated rings. The molecule has 1 aliphatic rings. The van der Waals surface area contributed by atoms with Crippen LogP contribution in [0.25, 0.3) is 0 Å². The topological polar surface area (TPSA) is 58.3 Å². The van der Waals surface area contributed by atoms with Gasteiger partial charge in [-0.1, -0.05) is 0 Å². The van der Waals surface area contributed by atoms with Gasteiger partial charge in [-0.2, -0.15) is 13.2 Å². The van der Waals surface area contributed by atoms with Crippen LogP contribution in [0.1, 0.15) is 18.7 Å². The molecule has 0 saturated carbocycles. The Bertz CT molecular complexity index is 467. The summed E-state index contributed by atoms with van der Waals surface area (Å²) in [5.74, 6) is -1.08. The molecule has 112 valence electrons. The number of nitrogen functional groups attached to an aromatic ring is 1. The molecule has 20 heavy (non-hydrogen) atoms. The Balaban J connectivity index is 2.16. The van der Waals surface area contributed by atoms with E-state index in [2.05, 4.69) is 14.9 Å². The summed E-state index contributed by atoms with van der Waals surface area (Å²) in [6.07, 6.45) is -2.80. The van der Waals surface area contributed by atoms with E-state index in [0.717, 1.165) is 12.8 Å². The molecule has 8 heteroatoms. The minimum Gasteiger partial charge on any atom is -0.384 e. The van der Waals surface area contributed by atoms with Gasteiger partial charge in [0.15, 0.2) is 0 Å². The monoisotopic (exact) mass is 289 g/mol. The van der Waals surface area contributed by atoms with Crippen molar-refractivity contribution in [3.63, 3.8) is 0 Å². The van der Waals surface area contributed by atoms with Crippen LogP contribution in [0.3, 0.4) is 0 Å². The number of aromatic nitrogens is 2. The van der Waals surface area contributed by atoms with Crippen molar-refractivity contribution in [2.45, 2.75) is 25.1 Å². The molecule has 0 radical (unpaired) electrons. The van der Waals surface area contributed by atoms with E-state index < -0.39 is 12.0 Å². The fraction of sp³-hybridized carbons (Fsp3) is 0.667. The Morgan fingerprint density at radius 2 is 1.85 bits per heavy atom. The van der Waals surface area contributed by atoms with Crippen LogP contribution in [0.5, 0.6) is 0 Å². The van der Waals surface area contributed by atoms with Crippen LogP contribution in [0, 0.1) is 0 Å². The van der Waals surface area contributed by atoms with Gasteiger partial charge in [0.25, 0.3) is 0 Å². The van der Waals surface area contributed by atoms with Crippen molar-refractivity contribution in [2.24, 2.45) is 0 Å². The molecule has 1 saturated heterocycles. The van der Waals surface area contributed by atoms with Gasteiger partial charge in [-0.05, 0) is 26.9 Å². The largest absolute Gasteiger partial charge is 0.451 e. The summed E-state index contributed by atoms with van der Waals surface area (Å²) in [4.78, 5) is 10.8. The second-order valence-corrected chi connectivity index (χ2v) is 5.15. The molecule has 5 nitrogen and oxygen atoms in total. The molecule has 0 bridgehead atoms. The van der Waals surface area contributed by atoms with E-state index in [0.29, 0.717) is 19.1 Å². The summed E-state index contributed by atoms with van der Waals surface area (Å²) in [6.45, 7) is 1.33. The first-order chi connectivity index (χ1) is 9.27. The maximum absolute atomic E-state index is 12.7. The van der Waals surface area contributed by atoms with Gasteiger partial charge in [0, 0.05) is 25.2 Å². The molecule has 0 unspecified atom stereocenters. The number of anilines is 2. The number of hydrogen-bond acceptors (Lipinski definition) is 5. The van der Waals surface area contributed by atoms with Crippen molar-refractivity contribution in [3.8, 4) is 0 Å². The lowest BCUT2D eigenvalue weighted by atomic mass is 10.0. The number of hydrogen-bond donors (Lipinski definition) is 1. The molecule has 0 spiro atoms. The lowest BCUT2D eigenvalue weighted by Gasteiger charge is -2.35. The van der Waals surface area contributed by atoms with Crippen LogP contribution >= 0.6 is 0 Å². The minimum atomic E-state index is -4.58. The number of nitrogens with two attached hydrogens (primary N) is 1. The average Bonchev–Trinajstić information content (AvgIpc) is 2.37. The highest BCUT2D eigenvalue weighted by Crippen LogP contribution is 2.29. The van der Waals surface area contributed by atoms with Crippen LogP contribution in [-0.4, -0.2) is 48.1 Å². The van der Waals surface area contributed by atoms with Gasteiger partial charge in [0.05, 0.1) is 0 Å². The third-order valence-electron chi connectivity index (χ3n) is 3.50. The lowest BCUT2D eigenvalue weighted by Crippen LogP contribution is -2.42. The van der Waals surface area contributed by atoms with E-state index in [-0.39, 0.29) is 11.6 Å².